The van der Waals surface area contributed by atoms with Crippen molar-refractivity contribution in [3.63, 3.8) is 0 Å². The first kappa shape index (κ1) is 19.2. The van der Waals surface area contributed by atoms with Crippen LogP contribution in [0.15, 0.2) is 71.5 Å². The smallest absolute Gasteiger partial charge is 0.308 e. The number of hydrogen-bond donors (Lipinski definition) is 1. The van der Waals surface area contributed by atoms with Gasteiger partial charge in [-0.05, 0) is 35.7 Å². The highest BCUT2D eigenvalue weighted by Gasteiger charge is 2.18. The van der Waals surface area contributed by atoms with E-state index in [4.69, 9.17) is 0 Å². The van der Waals surface area contributed by atoms with Gasteiger partial charge in [0.1, 0.15) is 4.88 Å². The van der Waals surface area contributed by atoms with Gasteiger partial charge in [0, 0.05) is 12.2 Å². The molecule has 0 bridgehead atoms. The molecule has 0 aliphatic heterocycles. The van der Waals surface area contributed by atoms with Crippen LogP contribution in [0.4, 0.5) is 0 Å². The SMILES string of the molecule is Cc1ccc(Cn2c(C)c(C(=O)NCc3cccc4ccccc34)sc2=O)cc1. The average molecular weight is 403 g/mol. The normalized spacial score (nSPS) is 11.0. The van der Waals surface area contributed by atoms with Gasteiger partial charge in [-0.15, -0.1) is 0 Å². The molecule has 1 heterocycles. The molecule has 4 rings (SSSR count). The van der Waals surface area contributed by atoms with Gasteiger partial charge in [0.15, 0.2) is 0 Å². The van der Waals surface area contributed by atoms with E-state index in [-0.39, 0.29) is 10.8 Å². The number of thiazole rings is 1. The Morgan fingerprint density at radius 3 is 2.48 bits per heavy atom. The Balaban J connectivity index is 1.53. The van der Waals surface area contributed by atoms with E-state index >= 15 is 0 Å². The van der Waals surface area contributed by atoms with Crippen molar-refractivity contribution in [3.05, 3.63) is 104 Å². The summed E-state index contributed by atoms with van der Waals surface area (Å²) in [7, 11) is 0. The molecule has 29 heavy (non-hydrogen) atoms. The van der Waals surface area contributed by atoms with Crippen molar-refractivity contribution in [2.24, 2.45) is 0 Å². The zero-order chi connectivity index (χ0) is 20.4. The van der Waals surface area contributed by atoms with Gasteiger partial charge in [0.05, 0.1) is 6.54 Å². The number of nitrogens with one attached hydrogen (secondary N) is 1. The highest BCUT2D eigenvalue weighted by molar-refractivity contribution is 7.11. The van der Waals surface area contributed by atoms with Gasteiger partial charge in [0.2, 0.25) is 0 Å². The minimum Gasteiger partial charge on any atom is -0.347 e. The second-order valence-electron chi connectivity index (χ2n) is 7.18. The molecule has 0 fully saturated rings. The van der Waals surface area contributed by atoms with Gasteiger partial charge in [-0.1, -0.05) is 83.6 Å². The largest absolute Gasteiger partial charge is 0.347 e. The summed E-state index contributed by atoms with van der Waals surface area (Å²) in [4.78, 5) is 25.6. The molecule has 0 unspecified atom stereocenters. The van der Waals surface area contributed by atoms with Crippen molar-refractivity contribution in [1.82, 2.24) is 9.88 Å². The van der Waals surface area contributed by atoms with Gasteiger partial charge in [0.25, 0.3) is 5.91 Å². The quantitative estimate of drug-likeness (QED) is 0.528. The molecular formula is C24H22N2O2S. The van der Waals surface area contributed by atoms with Crippen LogP contribution in [-0.4, -0.2) is 10.5 Å². The molecule has 1 amide bonds. The van der Waals surface area contributed by atoms with Crippen LogP contribution in [0.3, 0.4) is 0 Å². The fourth-order valence-corrected chi connectivity index (χ4v) is 4.36. The predicted molar refractivity (Wildman–Crippen MR) is 119 cm³/mol. The highest BCUT2D eigenvalue weighted by Crippen LogP contribution is 2.19. The lowest BCUT2D eigenvalue weighted by Gasteiger charge is -2.09. The van der Waals surface area contributed by atoms with Crippen molar-refractivity contribution >= 4 is 28.0 Å². The Bertz CT molecular complexity index is 1230. The number of amides is 1. The van der Waals surface area contributed by atoms with Gasteiger partial charge >= 0.3 is 4.87 Å². The Morgan fingerprint density at radius 1 is 0.966 bits per heavy atom. The maximum absolute atomic E-state index is 12.8. The van der Waals surface area contributed by atoms with E-state index in [0.717, 1.165) is 33.2 Å². The number of carbonyl (C=O) groups is 1. The third-order valence-corrected chi connectivity index (χ3v) is 6.21. The number of rotatable bonds is 5. The zero-order valence-corrected chi connectivity index (χ0v) is 17.3. The Labute approximate surface area is 173 Å². The van der Waals surface area contributed by atoms with E-state index in [0.29, 0.717) is 23.7 Å². The van der Waals surface area contributed by atoms with Crippen LogP contribution in [-0.2, 0) is 13.1 Å². The summed E-state index contributed by atoms with van der Waals surface area (Å²) in [5.74, 6) is -0.208. The minimum absolute atomic E-state index is 0.113. The predicted octanol–water partition coefficient (Wildman–Crippen LogP) is 4.66. The summed E-state index contributed by atoms with van der Waals surface area (Å²) < 4.78 is 1.67. The number of aromatic nitrogens is 1. The molecule has 0 radical (unpaired) electrons. The fraction of sp³-hybridized carbons (Fsp3) is 0.167. The summed E-state index contributed by atoms with van der Waals surface area (Å²) in [6.45, 7) is 4.75. The topological polar surface area (TPSA) is 51.1 Å². The summed E-state index contributed by atoms with van der Waals surface area (Å²) in [5.41, 5.74) is 3.98. The van der Waals surface area contributed by atoms with E-state index in [1.807, 2.05) is 62.4 Å². The van der Waals surface area contributed by atoms with Crippen LogP contribution in [0.25, 0.3) is 10.8 Å². The first-order valence-electron chi connectivity index (χ1n) is 9.53. The van der Waals surface area contributed by atoms with Crippen LogP contribution in [0.2, 0.25) is 0 Å². The molecule has 0 atom stereocenters. The molecule has 3 aromatic carbocycles. The molecule has 0 saturated heterocycles. The molecule has 146 valence electrons. The number of hydrogen-bond acceptors (Lipinski definition) is 3. The first-order chi connectivity index (χ1) is 14.0. The number of aryl methyl sites for hydroxylation is 1. The average Bonchev–Trinajstić information content (AvgIpc) is 3.02. The van der Waals surface area contributed by atoms with Gasteiger partial charge in [-0.25, -0.2) is 0 Å². The summed E-state index contributed by atoms with van der Waals surface area (Å²) in [6.07, 6.45) is 0. The number of nitrogens with zero attached hydrogens (tertiary/aromatic N) is 1. The van der Waals surface area contributed by atoms with Crippen LogP contribution >= 0.6 is 11.3 Å². The molecule has 5 heteroatoms. The van der Waals surface area contributed by atoms with E-state index in [2.05, 4.69) is 23.5 Å². The van der Waals surface area contributed by atoms with Crippen molar-refractivity contribution < 1.29 is 4.79 Å². The van der Waals surface area contributed by atoms with Crippen LogP contribution < -0.4 is 10.2 Å². The Morgan fingerprint density at radius 2 is 1.69 bits per heavy atom. The third kappa shape index (κ3) is 4.00. The van der Waals surface area contributed by atoms with Crippen LogP contribution in [0.5, 0.6) is 0 Å². The minimum atomic E-state index is -0.208. The molecule has 4 aromatic rings. The molecule has 0 aliphatic rings. The lowest BCUT2D eigenvalue weighted by atomic mass is 10.0. The molecule has 0 spiro atoms. The van der Waals surface area contributed by atoms with E-state index in [1.54, 1.807) is 4.57 Å². The molecule has 4 nitrogen and oxygen atoms in total. The fourth-order valence-electron chi connectivity index (χ4n) is 3.45. The maximum Gasteiger partial charge on any atom is 0.308 e. The summed E-state index contributed by atoms with van der Waals surface area (Å²) in [6, 6.07) is 22.3. The van der Waals surface area contributed by atoms with Gasteiger partial charge in [-0.3, -0.25) is 14.2 Å². The van der Waals surface area contributed by atoms with Gasteiger partial charge in [-0.2, -0.15) is 0 Å². The van der Waals surface area contributed by atoms with E-state index in [9.17, 15) is 9.59 Å². The number of carbonyl (C=O) groups excluding carboxylic acids is 1. The molecule has 1 N–H and O–H groups in total. The second kappa shape index (κ2) is 8.05. The van der Waals surface area contributed by atoms with Gasteiger partial charge < -0.3 is 5.32 Å². The van der Waals surface area contributed by atoms with Crippen molar-refractivity contribution in [2.45, 2.75) is 26.9 Å². The number of benzene rings is 3. The highest BCUT2D eigenvalue weighted by atomic mass is 32.1. The lowest BCUT2D eigenvalue weighted by Crippen LogP contribution is -2.23. The Hall–Kier alpha value is -3.18. The summed E-state index contributed by atoms with van der Waals surface area (Å²) >= 11 is 1.01. The lowest BCUT2D eigenvalue weighted by molar-refractivity contribution is 0.0954. The van der Waals surface area contributed by atoms with Crippen molar-refractivity contribution in [3.8, 4) is 0 Å². The maximum atomic E-state index is 12.8. The standard InChI is InChI=1S/C24H22N2O2S/c1-16-10-12-18(13-11-16)15-26-17(2)22(29-24(26)28)23(27)25-14-20-8-5-7-19-6-3-4-9-21(19)20/h3-13H,14-15H2,1-2H3,(H,25,27). The second-order valence-corrected chi connectivity index (χ2v) is 8.14. The summed E-state index contributed by atoms with van der Waals surface area (Å²) in [5, 5.41) is 5.24. The Kier molecular flexibility index (Phi) is 5.32. The van der Waals surface area contributed by atoms with Crippen molar-refractivity contribution in [2.75, 3.05) is 0 Å². The van der Waals surface area contributed by atoms with Crippen LogP contribution in [0.1, 0.15) is 32.1 Å². The monoisotopic (exact) mass is 402 g/mol. The van der Waals surface area contributed by atoms with E-state index in [1.165, 1.54) is 5.56 Å². The first-order valence-corrected chi connectivity index (χ1v) is 10.3. The van der Waals surface area contributed by atoms with Crippen molar-refractivity contribution in [1.29, 1.82) is 0 Å². The third-order valence-electron chi connectivity index (χ3n) is 5.13. The molecular weight excluding hydrogens is 380 g/mol. The molecule has 1 aromatic heterocycles. The molecule has 0 aliphatic carbocycles. The van der Waals surface area contributed by atoms with Crippen LogP contribution in [0, 0.1) is 13.8 Å². The zero-order valence-electron chi connectivity index (χ0n) is 16.4. The molecule has 0 saturated carbocycles. The van der Waals surface area contributed by atoms with E-state index < -0.39 is 0 Å². The number of fused-ring (bicyclic) bond motifs is 1.